The molecule has 0 amide bonds. The third kappa shape index (κ3) is 1.84. The van der Waals surface area contributed by atoms with Crippen molar-refractivity contribution in [1.82, 2.24) is 0 Å². The van der Waals surface area contributed by atoms with Crippen LogP contribution in [0.25, 0.3) is 10.8 Å². The smallest absolute Gasteiger partial charge is 0.423 e. The highest BCUT2D eigenvalue weighted by atomic mass is 35.5. The molecule has 15 heavy (non-hydrogen) atoms. The van der Waals surface area contributed by atoms with Crippen molar-refractivity contribution < 1.29 is 10.0 Å². The summed E-state index contributed by atoms with van der Waals surface area (Å²) in [7, 11) is -1.57. The Balaban J connectivity index is 2.80. The topological polar surface area (TPSA) is 40.5 Å². The summed E-state index contributed by atoms with van der Waals surface area (Å²) in [6.07, 6.45) is 0. The van der Waals surface area contributed by atoms with E-state index in [1.54, 1.807) is 30.3 Å². The van der Waals surface area contributed by atoms with Gasteiger partial charge in [-0.1, -0.05) is 47.5 Å². The van der Waals surface area contributed by atoms with Crippen LogP contribution in [-0.4, -0.2) is 17.2 Å². The molecule has 0 fully saturated rings. The molecule has 2 nitrogen and oxygen atoms in total. The van der Waals surface area contributed by atoms with Crippen LogP contribution in [0.2, 0.25) is 10.0 Å². The number of fused-ring (bicyclic) bond motifs is 1. The van der Waals surface area contributed by atoms with Gasteiger partial charge in [-0.3, -0.25) is 0 Å². The zero-order chi connectivity index (χ0) is 11.0. The normalized spacial score (nSPS) is 10.7. The zero-order valence-electron chi connectivity index (χ0n) is 7.61. The Bertz CT molecular complexity index is 514. The Labute approximate surface area is 97.2 Å². The number of hydrogen-bond donors (Lipinski definition) is 2. The maximum Gasteiger partial charge on any atom is 0.489 e. The highest BCUT2D eigenvalue weighted by Gasteiger charge is 2.17. The monoisotopic (exact) mass is 240 g/mol. The van der Waals surface area contributed by atoms with Gasteiger partial charge < -0.3 is 10.0 Å². The molecule has 0 bridgehead atoms. The van der Waals surface area contributed by atoms with Crippen molar-refractivity contribution >= 4 is 46.6 Å². The first kappa shape index (κ1) is 10.8. The minimum Gasteiger partial charge on any atom is -0.423 e. The van der Waals surface area contributed by atoms with Gasteiger partial charge in [0.05, 0.1) is 0 Å². The molecule has 0 unspecified atom stereocenters. The summed E-state index contributed by atoms with van der Waals surface area (Å²) in [6.45, 7) is 0. The fourth-order valence-electron chi connectivity index (χ4n) is 1.50. The van der Waals surface area contributed by atoms with Crippen LogP contribution in [0.15, 0.2) is 30.3 Å². The first-order chi connectivity index (χ1) is 7.11. The molecule has 0 aromatic heterocycles. The summed E-state index contributed by atoms with van der Waals surface area (Å²) in [5, 5.41) is 20.6. The predicted octanol–water partition coefficient (Wildman–Crippen LogP) is 1.83. The average molecular weight is 241 g/mol. The lowest BCUT2D eigenvalue weighted by atomic mass is 9.79. The van der Waals surface area contributed by atoms with E-state index >= 15 is 0 Å². The molecule has 0 aliphatic rings. The number of benzene rings is 2. The van der Waals surface area contributed by atoms with Crippen molar-refractivity contribution in [2.45, 2.75) is 0 Å². The Hall–Kier alpha value is -0.735. The molecule has 2 N–H and O–H groups in total. The third-order valence-electron chi connectivity index (χ3n) is 2.25. The van der Waals surface area contributed by atoms with Gasteiger partial charge in [-0.15, -0.1) is 0 Å². The summed E-state index contributed by atoms with van der Waals surface area (Å²) < 4.78 is 0. The van der Waals surface area contributed by atoms with Gasteiger partial charge in [-0.25, -0.2) is 0 Å². The van der Waals surface area contributed by atoms with Gasteiger partial charge >= 0.3 is 7.12 Å². The number of halogens is 2. The van der Waals surface area contributed by atoms with Gasteiger partial charge in [0, 0.05) is 26.3 Å². The average Bonchev–Trinajstić information content (AvgIpc) is 2.19. The van der Waals surface area contributed by atoms with E-state index in [0.717, 1.165) is 10.8 Å². The largest absolute Gasteiger partial charge is 0.489 e. The van der Waals surface area contributed by atoms with E-state index in [1.807, 2.05) is 0 Å². The van der Waals surface area contributed by atoms with Crippen molar-refractivity contribution in [3.63, 3.8) is 0 Å². The quantitative estimate of drug-likeness (QED) is 0.747. The van der Waals surface area contributed by atoms with E-state index in [-0.39, 0.29) is 5.46 Å². The fourth-order valence-corrected chi connectivity index (χ4v) is 2.06. The van der Waals surface area contributed by atoms with Crippen LogP contribution < -0.4 is 5.46 Å². The molecule has 2 aromatic carbocycles. The first-order valence-electron chi connectivity index (χ1n) is 4.34. The zero-order valence-corrected chi connectivity index (χ0v) is 9.13. The van der Waals surface area contributed by atoms with E-state index in [4.69, 9.17) is 33.2 Å². The van der Waals surface area contributed by atoms with Crippen molar-refractivity contribution in [3.8, 4) is 0 Å². The third-order valence-corrected chi connectivity index (χ3v) is 3.00. The number of rotatable bonds is 1. The first-order valence-corrected chi connectivity index (χ1v) is 5.09. The fraction of sp³-hybridized carbons (Fsp3) is 0. The molecule has 0 radical (unpaired) electrons. The Morgan fingerprint density at radius 1 is 0.933 bits per heavy atom. The summed E-state index contributed by atoms with van der Waals surface area (Å²) in [4.78, 5) is 0. The molecule has 0 aliphatic heterocycles. The van der Waals surface area contributed by atoms with Crippen LogP contribution in [-0.2, 0) is 0 Å². The van der Waals surface area contributed by atoms with Crippen LogP contribution in [0.3, 0.4) is 0 Å². The van der Waals surface area contributed by atoms with Gasteiger partial charge in [0.25, 0.3) is 0 Å². The van der Waals surface area contributed by atoms with E-state index in [2.05, 4.69) is 0 Å². The summed E-state index contributed by atoms with van der Waals surface area (Å²) in [5.41, 5.74) is 0.284. The molecule has 0 saturated heterocycles. The Morgan fingerprint density at radius 3 is 2.33 bits per heavy atom. The lowest BCUT2D eigenvalue weighted by molar-refractivity contribution is 0.426. The molecule has 2 rings (SSSR count). The van der Waals surface area contributed by atoms with E-state index in [0.29, 0.717) is 10.0 Å². The minimum absolute atomic E-state index is 0.284. The van der Waals surface area contributed by atoms with Crippen molar-refractivity contribution in [2.75, 3.05) is 0 Å². The van der Waals surface area contributed by atoms with Gasteiger partial charge in [0.2, 0.25) is 0 Å². The molecule has 0 saturated carbocycles. The van der Waals surface area contributed by atoms with Crippen LogP contribution in [0.5, 0.6) is 0 Å². The SMILES string of the molecule is OB(O)c1ccc2c(Cl)cccc2c1Cl. The van der Waals surface area contributed by atoms with Gasteiger partial charge in [0.15, 0.2) is 0 Å². The number of hydrogen-bond acceptors (Lipinski definition) is 2. The van der Waals surface area contributed by atoms with Crippen molar-refractivity contribution in [3.05, 3.63) is 40.4 Å². The molecule has 0 atom stereocenters. The van der Waals surface area contributed by atoms with Gasteiger partial charge in [0.1, 0.15) is 0 Å². The molecule has 0 spiro atoms. The molecular formula is C10H7BCl2O2. The summed E-state index contributed by atoms with van der Waals surface area (Å²) in [6, 6.07) is 8.59. The lowest BCUT2D eigenvalue weighted by Crippen LogP contribution is -2.30. The molecule has 0 heterocycles. The Kier molecular flexibility index (Phi) is 2.89. The molecule has 76 valence electrons. The van der Waals surface area contributed by atoms with E-state index in [1.165, 1.54) is 0 Å². The predicted molar refractivity (Wildman–Crippen MR) is 63.8 cm³/mol. The van der Waals surface area contributed by atoms with E-state index in [9.17, 15) is 0 Å². The second-order valence-corrected chi connectivity index (χ2v) is 3.96. The van der Waals surface area contributed by atoms with Crippen molar-refractivity contribution in [2.24, 2.45) is 0 Å². The van der Waals surface area contributed by atoms with Gasteiger partial charge in [-0.2, -0.15) is 0 Å². The summed E-state index contributed by atoms with van der Waals surface area (Å²) >= 11 is 12.0. The molecular weight excluding hydrogens is 234 g/mol. The maximum absolute atomic E-state index is 9.07. The lowest BCUT2D eigenvalue weighted by Gasteiger charge is -2.07. The maximum atomic E-state index is 9.07. The van der Waals surface area contributed by atoms with Gasteiger partial charge in [-0.05, 0) is 6.07 Å². The summed E-state index contributed by atoms with van der Waals surface area (Å²) in [5.74, 6) is 0. The van der Waals surface area contributed by atoms with Crippen LogP contribution in [0, 0.1) is 0 Å². The highest BCUT2D eigenvalue weighted by molar-refractivity contribution is 6.64. The molecule has 0 aliphatic carbocycles. The molecule has 2 aromatic rings. The van der Waals surface area contributed by atoms with Crippen LogP contribution in [0.1, 0.15) is 0 Å². The van der Waals surface area contributed by atoms with E-state index < -0.39 is 7.12 Å². The standard InChI is InChI=1S/C10H7BCl2O2/c12-9-3-1-2-7-6(9)4-5-8(10(7)13)11(14)15/h1-5,14-15H. The second kappa shape index (κ2) is 4.03. The van der Waals surface area contributed by atoms with Crippen LogP contribution >= 0.6 is 23.2 Å². The highest BCUT2D eigenvalue weighted by Crippen LogP contribution is 2.27. The van der Waals surface area contributed by atoms with Crippen molar-refractivity contribution in [1.29, 1.82) is 0 Å². The van der Waals surface area contributed by atoms with Crippen LogP contribution in [0.4, 0.5) is 0 Å². The minimum atomic E-state index is -1.57. The second-order valence-electron chi connectivity index (χ2n) is 3.18. The Morgan fingerprint density at radius 2 is 1.67 bits per heavy atom. The molecule has 5 heteroatoms.